The second-order valence-electron chi connectivity index (χ2n) is 6.76. The molecule has 0 heterocycles. The topological polar surface area (TPSA) is 146 Å². The molecule has 0 aliphatic carbocycles. The number of esters is 1. The van der Waals surface area contributed by atoms with E-state index in [1.165, 1.54) is 38.5 Å². The molecule has 0 rings (SSSR count). The van der Waals surface area contributed by atoms with Gasteiger partial charge in [0.15, 0.2) is 6.29 Å². The lowest BCUT2D eigenvalue weighted by Gasteiger charge is -2.22. The van der Waals surface area contributed by atoms with Crippen LogP contribution < -0.4 is 0 Å². The van der Waals surface area contributed by atoms with Crippen molar-refractivity contribution < 1.29 is 44.5 Å². The molecule has 28 heavy (non-hydrogen) atoms. The van der Waals surface area contributed by atoms with Gasteiger partial charge in [-0.15, -0.1) is 0 Å². The molecule has 9 nitrogen and oxygen atoms in total. The average molecular weight is 411 g/mol. The number of unbranched alkanes of at least 4 members (excludes halogenated alkanes) is 8. The molecular weight excluding hydrogens is 372 g/mol. The van der Waals surface area contributed by atoms with Gasteiger partial charge in [-0.25, -0.2) is 0 Å². The van der Waals surface area contributed by atoms with E-state index in [1.54, 1.807) is 0 Å². The first-order valence-corrected chi connectivity index (χ1v) is 10.2. The van der Waals surface area contributed by atoms with Crippen LogP contribution in [0.25, 0.3) is 0 Å². The average Bonchev–Trinajstić information content (AvgIpc) is 2.69. The van der Waals surface area contributed by atoms with E-state index in [-0.39, 0.29) is 13.0 Å². The summed E-state index contributed by atoms with van der Waals surface area (Å²) < 4.78 is 14.4. The molecule has 0 aromatic rings. The maximum atomic E-state index is 11.8. The number of aliphatic hydroxyl groups excluding tert-OH is 5. The second kappa shape index (κ2) is 18.2. The third-order valence-electron chi connectivity index (χ3n) is 4.14. The van der Waals surface area contributed by atoms with Crippen molar-refractivity contribution in [3.8, 4) is 0 Å². The molecular formula is C19H38O9. The summed E-state index contributed by atoms with van der Waals surface area (Å²) in [5.41, 5.74) is 0. The van der Waals surface area contributed by atoms with Crippen LogP contribution in [0.3, 0.4) is 0 Å². The van der Waals surface area contributed by atoms with Crippen molar-refractivity contribution in [2.24, 2.45) is 0 Å². The number of rotatable bonds is 19. The Bertz CT molecular complexity index is 367. The summed E-state index contributed by atoms with van der Waals surface area (Å²) in [6.07, 6.45) is 4.03. The summed E-state index contributed by atoms with van der Waals surface area (Å²) in [6.45, 7) is 0.555. The molecule has 9 heteroatoms. The number of hydrogen-bond acceptors (Lipinski definition) is 9. The summed E-state index contributed by atoms with van der Waals surface area (Å²) in [6, 6.07) is 0. The minimum Gasteiger partial charge on any atom is -0.457 e. The van der Waals surface area contributed by atoms with Gasteiger partial charge >= 0.3 is 5.97 Å². The summed E-state index contributed by atoms with van der Waals surface area (Å²) >= 11 is 0. The Hall–Kier alpha value is -0.810. The van der Waals surface area contributed by atoms with E-state index in [1.807, 2.05) is 0 Å². The normalized spacial score (nSPS) is 15.8. The first-order valence-electron chi connectivity index (χ1n) is 10.2. The van der Waals surface area contributed by atoms with Crippen molar-refractivity contribution in [1.29, 1.82) is 0 Å². The molecule has 0 spiro atoms. The highest BCUT2D eigenvalue weighted by atomic mass is 16.7. The van der Waals surface area contributed by atoms with Gasteiger partial charge in [0.1, 0.15) is 6.10 Å². The van der Waals surface area contributed by atoms with Gasteiger partial charge in [-0.3, -0.25) is 4.79 Å². The minimum absolute atomic E-state index is 0.239. The summed E-state index contributed by atoms with van der Waals surface area (Å²) in [7, 11) is 0. The fourth-order valence-electron chi connectivity index (χ4n) is 2.51. The Morgan fingerprint density at radius 2 is 1.39 bits per heavy atom. The van der Waals surface area contributed by atoms with Gasteiger partial charge in [0.25, 0.3) is 0 Å². The molecule has 0 saturated heterocycles. The molecule has 0 amide bonds. The molecule has 0 bridgehead atoms. The van der Waals surface area contributed by atoms with Crippen LogP contribution in [0.15, 0.2) is 0 Å². The molecule has 0 aliphatic rings. The Morgan fingerprint density at radius 1 is 0.821 bits per heavy atom. The number of hydrogen-bond donors (Lipinski definition) is 5. The van der Waals surface area contributed by atoms with Crippen LogP contribution in [0.4, 0.5) is 0 Å². The molecule has 0 saturated carbocycles. The van der Waals surface area contributed by atoms with Crippen LogP contribution in [0, 0.1) is 0 Å². The van der Waals surface area contributed by atoms with Gasteiger partial charge in [0.05, 0.1) is 19.8 Å². The Labute approximate surface area is 167 Å². The third-order valence-corrected chi connectivity index (χ3v) is 4.14. The lowest BCUT2D eigenvalue weighted by Crippen LogP contribution is -2.38. The largest absolute Gasteiger partial charge is 0.457 e. The predicted molar refractivity (Wildman–Crippen MR) is 101 cm³/mol. The van der Waals surface area contributed by atoms with Crippen molar-refractivity contribution in [3.63, 3.8) is 0 Å². The lowest BCUT2D eigenvalue weighted by molar-refractivity contribution is -0.302. The van der Waals surface area contributed by atoms with Crippen LogP contribution in [-0.4, -0.2) is 76.3 Å². The maximum absolute atomic E-state index is 11.8. The van der Waals surface area contributed by atoms with Gasteiger partial charge in [-0.1, -0.05) is 58.3 Å². The highest BCUT2D eigenvalue weighted by molar-refractivity contribution is 5.69. The fourth-order valence-corrected chi connectivity index (χ4v) is 2.51. The van der Waals surface area contributed by atoms with Crippen LogP contribution in [0.5, 0.6) is 0 Å². The first-order chi connectivity index (χ1) is 13.4. The Balaban J connectivity index is 3.82. The highest BCUT2D eigenvalue weighted by Crippen LogP contribution is 2.11. The summed E-state index contributed by atoms with van der Waals surface area (Å²) in [5, 5.41) is 45.7. The van der Waals surface area contributed by atoms with Gasteiger partial charge in [-0.05, 0) is 6.42 Å². The van der Waals surface area contributed by atoms with Crippen molar-refractivity contribution in [1.82, 2.24) is 0 Å². The molecule has 4 atom stereocenters. The monoisotopic (exact) mass is 410 g/mol. The van der Waals surface area contributed by atoms with Crippen molar-refractivity contribution in [2.45, 2.75) is 96.1 Å². The molecule has 0 aliphatic heterocycles. The highest BCUT2D eigenvalue weighted by Gasteiger charge is 2.23. The van der Waals surface area contributed by atoms with Crippen molar-refractivity contribution in [2.75, 3.05) is 19.8 Å². The van der Waals surface area contributed by atoms with Crippen LogP contribution >= 0.6 is 0 Å². The summed E-state index contributed by atoms with van der Waals surface area (Å²) in [5.74, 6) is -0.465. The third kappa shape index (κ3) is 15.2. The van der Waals surface area contributed by atoms with E-state index in [0.717, 1.165) is 12.8 Å². The Morgan fingerprint density at radius 3 is 1.93 bits per heavy atom. The van der Waals surface area contributed by atoms with E-state index in [9.17, 15) is 20.1 Å². The van der Waals surface area contributed by atoms with E-state index in [4.69, 9.17) is 19.7 Å². The number of ether oxygens (including phenoxy) is 3. The smallest absolute Gasteiger partial charge is 0.306 e. The zero-order valence-electron chi connectivity index (χ0n) is 16.9. The van der Waals surface area contributed by atoms with Crippen LogP contribution in [-0.2, 0) is 19.0 Å². The Kier molecular flexibility index (Phi) is 17.7. The van der Waals surface area contributed by atoms with E-state index >= 15 is 0 Å². The van der Waals surface area contributed by atoms with Gasteiger partial charge < -0.3 is 39.7 Å². The number of aliphatic hydroxyl groups is 5. The fraction of sp³-hybridized carbons (Fsp3) is 0.947. The molecule has 4 unspecified atom stereocenters. The molecule has 0 radical (unpaired) electrons. The van der Waals surface area contributed by atoms with Crippen LogP contribution in [0.1, 0.15) is 71.1 Å². The SMILES string of the molecule is CCCCCCCCCCCC(=O)OC(CO)COC(O)C(O)OC(O)CO. The first kappa shape index (κ1) is 27.2. The number of carbonyl (C=O) groups is 1. The molecule has 168 valence electrons. The van der Waals surface area contributed by atoms with Crippen LogP contribution in [0.2, 0.25) is 0 Å². The molecule has 5 N–H and O–H groups in total. The van der Waals surface area contributed by atoms with Crippen molar-refractivity contribution >= 4 is 5.97 Å². The standard InChI is InChI=1S/C19H38O9/c1-2-3-4-5-6-7-8-9-10-11-16(22)27-15(12-20)14-26-18(24)19(25)28-17(23)13-21/h15,17-21,23-25H,2-14H2,1H3. The van der Waals surface area contributed by atoms with Gasteiger partial charge in [0.2, 0.25) is 12.6 Å². The summed E-state index contributed by atoms with van der Waals surface area (Å²) in [4.78, 5) is 11.8. The van der Waals surface area contributed by atoms with E-state index in [0.29, 0.717) is 6.42 Å². The maximum Gasteiger partial charge on any atom is 0.306 e. The zero-order chi connectivity index (χ0) is 21.2. The molecule has 0 aromatic carbocycles. The second-order valence-corrected chi connectivity index (χ2v) is 6.76. The predicted octanol–water partition coefficient (Wildman–Crippen LogP) is 0.792. The molecule has 0 aromatic heterocycles. The van der Waals surface area contributed by atoms with E-state index in [2.05, 4.69) is 11.7 Å². The van der Waals surface area contributed by atoms with Gasteiger partial charge in [-0.2, -0.15) is 0 Å². The molecule has 0 fully saturated rings. The minimum atomic E-state index is -1.90. The van der Waals surface area contributed by atoms with Crippen molar-refractivity contribution in [3.05, 3.63) is 0 Å². The zero-order valence-corrected chi connectivity index (χ0v) is 16.9. The van der Waals surface area contributed by atoms with Gasteiger partial charge in [0, 0.05) is 6.42 Å². The van der Waals surface area contributed by atoms with E-state index < -0.39 is 44.2 Å². The number of carbonyl (C=O) groups excluding carboxylic acids is 1. The quantitative estimate of drug-likeness (QED) is 0.118. The lowest BCUT2D eigenvalue weighted by atomic mass is 10.1.